The second-order valence-electron chi connectivity index (χ2n) is 8.55. The Kier molecular flexibility index (Phi) is 6.69. The highest BCUT2D eigenvalue weighted by Crippen LogP contribution is 2.28. The predicted octanol–water partition coefficient (Wildman–Crippen LogP) is 5.79. The van der Waals surface area contributed by atoms with E-state index in [1.807, 2.05) is 30.5 Å². The van der Waals surface area contributed by atoms with Gasteiger partial charge in [0, 0.05) is 29.3 Å². The molecular formula is C24H25FN4O3S. The first kappa shape index (κ1) is 22.8. The number of thioether (sulfide) groups is 1. The lowest BCUT2D eigenvalue weighted by Crippen LogP contribution is -2.36. The van der Waals surface area contributed by atoms with E-state index in [0.717, 1.165) is 16.5 Å². The summed E-state index contributed by atoms with van der Waals surface area (Å²) in [4.78, 5) is 15.7. The molecule has 0 saturated carbocycles. The lowest BCUT2D eigenvalue weighted by Gasteiger charge is -2.22. The standard InChI is InChI=1S/C24H25FN4O3S/c1-24(2,3)32-22(30)27-20(12-16-13-26-19-11-7-5-9-17(16)19)21-28-29-23(31-21)33-14-15-8-4-6-10-18(15)25/h4-11,13,20,26H,12,14H2,1-3H3,(H,27,30)/t20-/m0/s1. The number of H-pyrrole nitrogens is 1. The van der Waals surface area contributed by atoms with Crippen molar-refractivity contribution in [3.8, 4) is 0 Å². The van der Waals surface area contributed by atoms with Crippen LogP contribution in [0, 0.1) is 5.82 Å². The minimum absolute atomic E-state index is 0.252. The lowest BCUT2D eigenvalue weighted by molar-refractivity contribution is 0.0494. The second kappa shape index (κ2) is 9.66. The van der Waals surface area contributed by atoms with Crippen LogP contribution in [-0.2, 0) is 16.9 Å². The highest BCUT2D eigenvalue weighted by Gasteiger charge is 2.26. The molecule has 4 rings (SSSR count). The van der Waals surface area contributed by atoms with E-state index in [1.54, 1.807) is 39.0 Å². The van der Waals surface area contributed by atoms with Gasteiger partial charge < -0.3 is 19.5 Å². The van der Waals surface area contributed by atoms with Crippen molar-refractivity contribution in [2.75, 3.05) is 0 Å². The maximum atomic E-state index is 13.9. The quantitative estimate of drug-likeness (QED) is 0.334. The zero-order chi connectivity index (χ0) is 23.4. The van der Waals surface area contributed by atoms with Crippen LogP contribution in [-0.4, -0.2) is 26.9 Å². The molecule has 2 aromatic carbocycles. The van der Waals surface area contributed by atoms with Crippen molar-refractivity contribution in [3.05, 3.63) is 77.6 Å². The molecule has 2 N–H and O–H groups in total. The summed E-state index contributed by atoms with van der Waals surface area (Å²) in [5.74, 6) is 0.316. The number of carbonyl (C=O) groups excluding carboxylic acids is 1. The Morgan fingerprint density at radius 2 is 1.91 bits per heavy atom. The minimum Gasteiger partial charge on any atom is -0.444 e. The fraction of sp³-hybridized carbons (Fsp3) is 0.292. The number of aromatic amines is 1. The van der Waals surface area contributed by atoms with E-state index in [0.29, 0.717) is 23.0 Å². The summed E-state index contributed by atoms with van der Waals surface area (Å²) in [6, 6.07) is 13.9. The first-order valence-corrected chi connectivity index (χ1v) is 11.5. The molecule has 0 aliphatic heterocycles. The van der Waals surface area contributed by atoms with Crippen molar-refractivity contribution in [1.82, 2.24) is 20.5 Å². The van der Waals surface area contributed by atoms with E-state index in [-0.39, 0.29) is 11.7 Å². The molecule has 2 aromatic heterocycles. The van der Waals surface area contributed by atoms with E-state index >= 15 is 0 Å². The Balaban J connectivity index is 1.54. The van der Waals surface area contributed by atoms with E-state index in [4.69, 9.17) is 9.15 Å². The summed E-state index contributed by atoms with van der Waals surface area (Å²) >= 11 is 1.23. The van der Waals surface area contributed by atoms with Gasteiger partial charge in [-0.1, -0.05) is 48.2 Å². The van der Waals surface area contributed by atoms with Gasteiger partial charge in [-0.2, -0.15) is 0 Å². The molecule has 0 spiro atoms. The summed E-state index contributed by atoms with van der Waals surface area (Å²) in [5, 5.41) is 12.4. The Morgan fingerprint density at radius 3 is 2.70 bits per heavy atom. The molecule has 0 aliphatic carbocycles. The number of ether oxygens (including phenoxy) is 1. The highest BCUT2D eigenvalue weighted by molar-refractivity contribution is 7.98. The molecule has 9 heteroatoms. The van der Waals surface area contributed by atoms with E-state index in [2.05, 4.69) is 20.5 Å². The van der Waals surface area contributed by atoms with E-state index in [9.17, 15) is 9.18 Å². The van der Waals surface area contributed by atoms with Gasteiger partial charge >= 0.3 is 6.09 Å². The van der Waals surface area contributed by atoms with Crippen LogP contribution in [0.1, 0.15) is 43.8 Å². The molecule has 0 aliphatic rings. The van der Waals surface area contributed by atoms with Gasteiger partial charge in [-0.25, -0.2) is 9.18 Å². The third kappa shape index (κ3) is 5.92. The highest BCUT2D eigenvalue weighted by atomic mass is 32.2. The van der Waals surface area contributed by atoms with Crippen LogP contribution in [0.5, 0.6) is 0 Å². The number of amides is 1. The van der Waals surface area contributed by atoms with Crippen molar-refractivity contribution < 1.29 is 18.3 Å². The average molecular weight is 469 g/mol. The van der Waals surface area contributed by atoms with Gasteiger partial charge in [0.05, 0.1) is 0 Å². The number of halogens is 1. The van der Waals surface area contributed by atoms with E-state index in [1.165, 1.54) is 17.8 Å². The SMILES string of the molecule is CC(C)(C)OC(=O)N[C@@H](Cc1c[nH]c2ccccc12)c1nnc(SCc2ccccc2F)o1. The van der Waals surface area contributed by atoms with Gasteiger partial charge in [0.15, 0.2) is 0 Å². The Bertz CT molecular complexity index is 1250. The minimum atomic E-state index is -0.648. The summed E-state index contributed by atoms with van der Waals surface area (Å²) < 4.78 is 25.2. The van der Waals surface area contributed by atoms with Crippen LogP contribution in [0.3, 0.4) is 0 Å². The number of aromatic nitrogens is 3. The topological polar surface area (TPSA) is 93.0 Å². The number of benzene rings is 2. The number of hydrogen-bond donors (Lipinski definition) is 2. The maximum Gasteiger partial charge on any atom is 0.408 e. The lowest BCUT2D eigenvalue weighted by atomic mass is 10.1. The van der Waals surface area contributed by atoms with Gasteiger partial charge in [-0.05, 0) is 44.0 Å². The number of para-hydroxylation sites is 1. The number of nitrogens with one attached hydrogen (secondary N) is 2. The van der Waals surface area contributed by atoms with Crippen molar-refractivity contribution >= 4 is 28.8 Å². The Labute approximate surface area is 195 Å². The molecule has 7 nitrogen and oxygen atoms in total. The zero-order valence-electron chi connectivity index (χ0n) is 18.6. The third-order valence-corrected chi connectivity index (χ3v) is 5.69. The molecule has 4 aromatic rings. The monoisotopic (exact) mass is 468 g/mol. The van der Waals surface area contributed by atoms with Crippen molar-refractivity contribution in [2.24, 2.45) is 0 Å². The molecule has 1 atom stereocenters. The zero-order valence-corrected chi connectivity index (χ0v) is 19.4. The van der Waals surface area contributed by atoms with Gasteiger partial charge in [-0.3, -0.25) is 0 Å². The Hall–Kier alpha value is -3.33. The summed E-state index contributed by atoms with van der Waals surface area (Å²) in [7, 11) is 0. The van der Waals surface area contributed by atoms with Gasteiger partial charge in [0.1, 0.15) is 17.5 Å². The number of fused-ring (bicyclic) bond motifs is 1. The second-order valence-corrected chi connectivity index (χ2v) is 9.48. The first-order chi connectivity index (χ1) is 15.8. The number of alkyl carbamates (subject to hydrolysis) is 1. The van der Waals surface area contributed by atoms with Crippen molar-refractivity contribution in [3.63, 3.8) is 0 Å². The smallest absolute Gasteiger partial charge is 0.408 e. The summed E-state index contributed by atoms with van der Waals surface area (Å²) in [6.07, 6.45) is 1.74. The number of nitrogens with zero attached hydrogens (tertiary/aromatic N) is 2. The fourth-order valence-electron chi connectivity index (χ4n) is 3.34. The van der Waals surface area contributed by atoms with Crippen LogP contribution >= 0.6 is 11.8 Å². The summed E-state index contributed by atoms with van der Waals surface area (Å²) in [5.41, 5.74) is 1.88. The van der Waals surface area contributed by atoms with Crippen LogP contribution < -0.4 is 5.32 Å². The molecule has 0 saturated heterocycles. The van der Waals surface area contributed by atoms with E-state index < -0.39 is 17.7 Å². The molecular weight excluding hydrogens is 443 g/mol. The van der Waals surface area contributed by atoms with Gasteiger partial charge in [-0.15, -0.1) is 10.2 Å². The van der Waals surface area contributed by atoms with Crippen molar-refractivity contribution in [2.45, 2.75) is 49.8 Å². The Morgan fingerprint density at radius 1 is 1.15 bits per heavy atom. The molecule has 1 amide bonds. The van der Waals surface area contributed by atoms with Crippen LogP contribution in [0.25, 0.3) is 10.9 Å². The van der Waals surface area contributed by atoms with Gasteiger partial charge in [0.2, 0.25) is 5.89 Å². The van der Waals surface area contributed by atoms with Crippen LogP contribution in [0.15, 0.2) is 64.4 Å². The number of carbonyl (C=O) groups is 1. The molecule has 0 bridgehead atoms. The molecule has 0 fully saturated rings. The maximum absolute atomic E-state index is 13.9. The normalized spacial score (nSPS) is 12.6. The summed E-state index contributed by atoms with van der Waals surface area (Å²) in [6.45, 7) is 5.39. The molecule has 0 unspecified atom stereocenters. The van der Waals surface area contributed by atoms with Crippen molar-refractivity contribution in [1.29, 1.82) is 0 Å². The largest absolute Gasteiger partial charge is 0.444 e. The first-order valence-electron chi connectivity index (χ1n) is 10.5. The fourth-order valence-corrected chi connectivity index (χ4v) is 4.10. The molecule has 33 heavy (non-hydrogen) atoms. The van der Waals surface area contributed by atoms with Gasteiger partial charge in [0.25, 0.3) is 5.22 Å². The third-order valence-electron chi connectivity index (χ3n) is 4.82. The molecule has 172 valence electrons. The molecule has 2 heterocycles. The number of rotatable bonds is 7. The van der Waals surface area contributed by atoms with Crippen LogP contribution in [0.4, 0.5) is 9.18 Å². The molecule has 0 radical (unpaired) electrons. The van der Waals surface area contributed by atoms with Crippen LogP contribution in [0.2, 0.25) is 0 Å². The predicted molar refractivity (Wildman–Crippen MR) is 124 cm³/mol. The number of hydrogen-bond acceptors (Lipinski definition) is 6. The average Bonchev–Trinajstić information content (AvgIpc) is 3.39.